The number of hydrogen-bond donors (Lipinski definition) is 2. The average Bonchev–Trinajstić information content (AvgIpc) is 2.39. The molecule has 0 aromatic carbocycles. The summed E-state index contributed by atoms with van der Waals surface area (Å²) in [6.45, 7) is 0. The number of aliphatic carboxylic acids is 1. The van der Waals surface area contributed by atoms with Crippen molar-refractivity contribution in [1.82, 2.24) is 9.97 Å². The van der Waals surface area contributed by atoms with E-state index in [0.717, 1.165) is 5.82 Å². The smallest absolute Gasteiger partial charge is 0.303 e. The molecule has 0 aliphatic rings. The molecule has 0 bridgehead atoms. The van der Waals surface area contributed by atoms with Gasteiger partial charge in [0.25, 0.3) is 0 Å². The zero-order chi connectivity index (χ0) is 8.10. The second kappa shape index (κ2) is 3.75. The molecule has 0 amide bonds. The topological polar surface area (TPSA) is 66.0 Å². The van der Waals surface area contributed by atoms with Crippen LogP contribution in [0.1, 0.15) is 18.7 Å². The maximum atomic E-state index is 10.1. The lowest BCUT2D eigenvalue weighted by molar-refractivity contribution is -0.137. The van der Waals surface area contributed by atoms with Crippen LogP contribution in [0.25, 0.3) is 0 Å². The average molecular weight is 153 g/mol. The largest absolute Gasteiger partial charge is 0.481 e. The van der Waals surface area contributed by atoms with Crippen LogP contribution in [-0.2, 0) is 11.2 Å². The van der Waals surface area contributed by atoms with Crippen molar-refractivity contribution >= 4 is 5.97 Å². The zero-order valence-electron chi connectivity index (χ0n) is 6.00. The molecule has 1 heterocycles. The molecule has 1 aromatic rings. The number of H-pyrrole nitrogens is 1. The van der Waals surface area contributed by atoms with Crippen LogP contribution >= 0.6 is 0 Å². The monoisotopic (exact) mass is 153 g/mol. The summed E-state index contributed by atoms with van der Waals surface area (Å²) >= 11 is 0. The van der Waals surface area contributed by atoms with Crippen molar-refractivity contribution in [2.24, 2.45) is 0 Å². The maximum Gasteiger partial charge on any atom is 0.303 e. The minimum atomic E-state index is -0.763. The van der Waals surface area contributed by atoms with E-state index in [0.29, 0.717) is 12.8 Å². The van der Waals surface area contributed by atoms with Gasteiger partial charge in [0.2, 0.25) is 0 Å². The van der Waals surface area contributed by atoms with Crippen LogP contribution in [0.5, 0.6) is 0 Å². The quantitative estimate of drug-likeness (QED) is 0.666. The molecular formula is C7H9N2O2. The van der Waals surface area contributed by atoms with Crippen LogP contribution < -0.4 is 0 Å². The number of rotatable bonds is 4. The van der Waals surface area contributed by atoms with E-state index in [9.17, 15) is 4.79 Å². The van der Waals surface area contributed by atoms with E-state index >= 15 is 0 Å². The van der Waals surface area contributed by atoms with Gasteiger partial charge in [-0.05, 0) is 6.42 Å². The lowest BCUT2D eigenvalue weighted by atomic mass is 10.2. The number of nitrogens with zero attached hydrogens (tertiary/aromatic N) is 1. The van der Waals surface area contributed by atoms with Gasteiger partial charge < -0.3 is 10.1 Å². The van der Waals surface area contributed by atoms with Gasteiger partial charge in [0.15, 0.2) is 0 Å². The van der Waals surface area contributed by atoms with Gasteiger partial charge in [0.05, 0.1) is 0 Å². The Balaban J connectivity index is 2.19. The first-order chi connectivity index (χ1) is 5.29. The lowest BCUT2D eigenvalue weighted by Crippen LogP contribution is -1.96. The highest BCUT2D eigenvalue weighted by atomic mass is 16.4. The molecule has 0 spiro atoms. The highest BCUT2D eigenvalue weighted by Gasteiger charge is 1.98. The summed E-state index contributed by atoms with van der Waals surface area (Å²) in [4.78, 5) is 16.8. The van der Waals surface area contributed by atoms with Crippen molar-refractivity contribution < 1.29 is 9.90 Å². The molecular weight excluding hydrogens is 144 g/mol. The first-order valence-electron chi connectivity index (χ1n) is 3.41. The molecule has 0 fully saturated rings. The van der Waals surface area contributed by atoms with Gasteiger partial charge >= 0.3 is 5.97 Å². The van der Waals surface area contributed by atoms with E-state index in [2.05, 4.69) is 16.2 Å². The lowest BCUT2D eigenvalue weighted by Gasteiger charge is -1.92. The first-order valence-corrected chi connectivity index (χ1v) is 3.41. The van der Waals surface area contributed by atoms with Crippen LogP contribution in [0.15, 0.2) is 6.20 Å². The number of imidazole rings is 1. The fourth-order valence-corrected chi connectivity index (χ4v) is 0.793. The number of hydrogen-bond acceptors (Lipinski definition) is 2. The molecule has 4 nitrogen and oxygen atoms in total. The molecule has 1 radical (unpaired) electrons. The van der Waals surface area contributed by atoms with Crippen LogP contribution in [0.2, 0.25) is 0 Å². The van der Waals surface area contributed by atoms with E-state index in [1.54, 1.807) is 6.20 Å². The Hall–Kier alpha value is -1.32. The highest BCUT2D eigenvalue weighted by Crippen LogP contribution is 1.97. The van der Waals surface area contributed by atoms with E-state index in [1.165, 1.54) is 0 Å². The molecule has 0 aliphatic heterocycles. The number of aromatic nitrogens is 2. The number of carboxylic acid groups (broad SMARTS) is 1. The zero-order valence-corrected chi connectivity index (χ0v) is 6.00. The van der Waals surface area contributed by atoms with Crippen molar-refractivity contribution in [3.8, 4) is 0 Å². The van der Waals surface area contributed by atoms with Gasteiger partial charge in [0.1, 0.15) is 12.0 Å². The highest BCUT2D eigenvalue weighted by molar-refractivity contribution is 5.66. The van der Waals surface area contributed by atoms with Gasteiger partial charge in [-0.25, -0.2) is 4.98 Å². The van der Waals surface area contributed by atoms with Crippen molar-refractivity contribution in [2.45, 2.75) is 19.3 Å². The van der Waals surface area contributed by atoms with Crippen molar-refractivity contribution in [3.05, 3.63) is 18.2 Å². The molecule has 0 saturated carbocycles. The predicted molar refractivity (Wildman–Crippen MR) is 38.0 cm³/mol. The molecule has 1 aromatic heterocycles. The third-order valence-electron chi connectivity index (χ3n) is 1.31. The fraction of sp³-hybridized carbons (Fsp3) is 0.429. The van der Waals surface area contributed by atoms with Gasteiger partial charge in [-0.1, -0.05) is 0 Å². The van der Waals surface area contributed by atoms with E-state index in [-0.39, 0.29) is 6.42 Å². The molecule has 4 heteroatoms. The molecule has 0 unspecified atom stereocenters. The van der Waals surface area contributed by atoms with Gasteiger partial charge in [-0.3, -0.25) is 4.79 Å². The summed E-state index contributed by atoms with van der Waals surface area (Å²) in [7, 11) is 0. The Morgan fingerprint density at radius 1 is 1.82 bits per heavy atom. The number of nitrogens with one attached hydrogen (secondary N) is 1. The van der Waals surface area contributed by atoms with Crippen LogP contribution in [0.3, 0.4) is 0 Å². The van der Waals surface area contributed by atoms with Crippen molar-refractivity contribution in [2.75, 3.05) is 0 Å². The molecule has 59 valence electrons. The standard InChI is InChI=1S/C7H9N2O2/c10-7(11)3-1-2-6-8-4-5-9-6/h4H,1-3H2,(H,8,9)(H,10,11). The van der Waals surface area contributed by atoms with Gasteiger partial charge in [-0.2, -0.15) is 0 Å². The maximum absolute atomic E-state index is 10.1. The molecule has 0 atom stereocenters. The normalized spacial score (nSPS) is 9.82. The molecule has 0 aliphatic carbocycles. The number of aryl methyl sites for hydroxylation is 1. The predicted octanol–water partition coefficient (Wildman–Crippen LogP) is 0.617. The summed E-state index contributed by atoms with van der Waals surface area (Å²) in [5.41, 5.74) is 0. The Kier molecular flexibility index (Phi) is 2.66. The number of aromatic amines is 1. The number of carboxylic acids is 1. The summed E-state index contributed by atoms with van der Waals surface area (Å²) in [6.07, 6.45) is 5.72. The Morgan fingerprint density at radius 2 is 2.64 bits per heavy atom. The van der Waals surface area contributed by atoms with Gasteiger partial charge in [0, 0.05) is 19.0 Å². The second-order valence-corrected chi connectivity index (χ2v) is 2.22. The van der Waals surface area contributed by atoms with Crippen LogP contribution in [0, 0.1) is 6.20 Å². The molecule has 1 rings (SSSR count). The minimum absolute atomic E-state index is 0.195. The van der Waals surface area contributed by atoms with E-state index < -0.39 is 5.97 Å². The van der Waals surface area contributed by atoms with Crippen molar-refractivity contribution in [3.63, 3.8) is 0 Å². The summed E-state index contributed by atoms with van der Waals surface area (Å²) in [5.74, 6) is 0.0341. The second-order valence-electron chi connectivity index (χ2n) is 2.22. The first kappa shape index (κ1) is 7.78. The molecule has 11 heavy (non-hydrogen) atoms. The Labute approximate surface area is 64.3 Å². The molecule has 2 N–H and O–H groups in total. The summed E-state index contributed by atoms with van der Waals surface area (Å²) in [5, 5.41) is 8.30. The van der Waals surface area contributed by atoms with Crippen LogP contribution in [0.4, 0.5) is 0 Å². The SMILES string of the molecule is O=C(O)CCCc1n[c]c[nH]1. The van der Waals surface area contributed by atoms with Crippen LogP contribution in [-0.4, -0.2) is 21.0 Å². The third-order valence-corrected chi connectivity index (χ3v) is 1.31. The number of carbonyl (C=O) groups is 1. The summed E-state index contributed by atoms with van der Waals surface area (Å²) in [6, 6.07) is 0. The fourth-order valence-electron chi connectivity index (χ4n) is 0.793. The minimum Gasteiger partial charge on any atom is -0.481 e. The summed E-state index contributed by atoms with van der Waals surface area (Å²) < 4.78 is 0. The van der Waals surface area contributed by atoms with Crippen molar-refractivity contribution in [1.29, 1.82) is 0 Å². The Bertz CT molecular complexity index is 218. The Morgan fingerprint density at radius 3 is 3.18 bits per heavy atom. The molecule has 0 saturated heterocycles. The van der Waals surface area contributed by atoms with Gasteiger partial charge in [-0.15, -0.1) is 0 Å². The van der Waals surface area contributed by atoms with E-state index in [4.69, 9.17) is 5.11 Å². The third kappa shape index (κ3) is 2.84. The van der Waals surface area contributed by atoms with E-state index in [1.807, 2.05) is 0 Å².